The van der Waals surface area contributed by atoms with Crippen molar-refractivity contribution < 1.29 is 4.79 Å². The number of aryl methyl sites for hydroxylation is 2. The average molecular weight is 491 g/mol. The van der Waals surface area contributed by atoms with Gasteiger partial charge in [-0.2, -0.15) is 0 Å². The van der Waals surface area contributed by atoms with Gasteiger partial charge in [-0.3, -0.25) is 9.69 Å². The molecule has 2 aromatic carbocycles. The van der Waals surface area contributed by atoms with Crippen LogP contribution in [0.2, 0.25) is 10.0 Å². The summed E-state index contributed by atoms with van der Waals surface area (Å²) in [5, 5.41) is 2.02. The number of imidazole rings is 1. The number of benzene rings is 2. The fourth-order valence-corrected chi connectivity index (χ4v) is 5.38. The third-order valence-electron chi connectivity index (χ3n) is 4.75. The molecule has 4 aromatic rings. The van der Waals surface area contributed by atoms with Crippen LogP contribution in [0.5, 0.6) is 0 Å². The molecule has 0 aliphatic carbocycles. The van der Waals surface area contributed by atoms with Crippen LogP contribution in [-0.2, 0) is 11.3 Å². The number of aromatic nitrogens is 3. The standard InChI is InChI=1S/C22H20Cl2N4OS2/c1-15-3-8-18(24)21-20(15)26-22(31-21)28(11-2-10-27-12-9-25-14-27)19(29)13-30-17-6-4-16(23)5-7-17/h3-9,12,14H,2,10-11,13H2,1H3. The first-order valence-electron chi connectivity index (χ1n) is 9.71. The summed E-state index contributed by atoms with van der Waals surface area (Å²) in [6.45, 7) is 3.34. The molecule has 0 unspecified atom stereocenters. The van der Waals surface area contributed by atoms with Crippen molar-refractivity contribution in [2.45, 2.75) is 24.8 Å². The van der Waals surface area contributed by atoms with E-state index in [1.165, 1.54) is 23.1 Å². The number of amides is 1. The van der Waals surface area contributed by atoms with Gasteiger partial charge in [0.2, 0.25) is 5.91 Å². The highest BCUT2D eigenvalue weighted by Gasteiger charge is 2.21. The van der Waals surface area contributed by atoms with Gasteiger partial charge >= 0.3 is 0 Å². The van der Waals surface area contributed by atoms with E-state index in [1.807, 2.05) is 54.1 Å². The normalized spacial score (nSPS) is 11.2. The summed E-state index contributed by atoms with van der Waals surface area (Å²) in [7, 11) is 0. The van der Waals surface area contributed by atoms with Crippen LogP contribution in [-0.4, -0.2) is 32.7 Å². The maximum Gasteiger partial charge on any atom is 0.239 e. The van der Waals surface area contributed by atoms with Crippen molar-refractivity contribution in [1.82, 2.24) is 14.5 Å². The lowest BCUT2D eigenvalue weighted by molar-refractivity contribution is -0.116. The Morgan fingerprint density at radius 1 is 1.19 bits per heavy atom. The first-order valence-corrected chi connectivity index (χ1v) is 12.3. The first-order chi connectivity index (χ1) is 15.0. The third-order valence-corrected chi connectivity index (χ3v) is 7.54. The highest BCUT2D eigenvalue weighted by atomic mass is 35.5. The quantitative estimate of drug-likeness (QED) is 0.271. The maximum absolute atomic E-state index is 13.2. The molecule has 4 rings (SSSR count). The van der Waals surface area contributed by atoms with E-state index >= 15 is 0 Å². The predicted molar refractivity (Wildman–Crippen MR) is 131 cm³/mol. The lowest BCUT2D eigenvalue weighted by Gasteiger charge is -2.20. The molecule has 1 amide bonds. The van der Waals surface area contributed by atoms with Gasteiger partial charge in [0.05, 0.1) is 27.3 Å². The van der Waals surface area contributed by atoms with Crippen LogP contribution in [0.1, 0.15) is 12.0 Å². The second-order valence-electron chi connectivity index (χ2n) is 6.98. The van der Waals surface area contributed by atoms with E-state index in [2.05, 4.69) is 4.98 Å². The molecule has 2 heterocycles. The van der Waals surface area contributed by atoms with E-state index in [0.717, 1.165) is 33.6 Å². The fourth-order valence-electron chi connectivity index (χ4n) is 3.12. The summed E-state index contributed by atoms with van der Waals surface area (Å²) >= 11 is 15.3. The summed E-state index contributed by atoms with van der Waals surface area (Å²) in [4.78, 5) is 24.8. The molecule has 0 radical (unpaired) electrons. The number of anilines is 1. The zero-order valence-corrected chi connectivity index (χ0v) is 19.9. The summed E-state index contributed by atoms with van der Waals surface area (Å²) in [6.07, 6.45) is 6.24. The van der Waals surface area contributed by atoms with Gasteiger partial charge in [0.25, 0.3) is 0 Å². The Bertz CT molecular complexity index is 1140. The van der Waals surface area contributed by atoms with E-state index < -0.39 is 0 Å². The second kappa shape index (κ2) is 10.0. The fraction of sp³-hybridized carbons (Fsp3) is 0.227. The van der Waals surface area contributed by atoms with Crippen molar-refractivity contribution in [2.75, 3.05) is 17.2 Å². The number of hydrogen-bond donors (Lipinski definition) is 0. The zero-order chi connectivity index (χ0) is 21.8. The van der Waals surface area contributed by atoms with E-state index in [1.54, 1.807) is 17.4 Å². The number of halogens is 2. The van der Waals surface area contributed by atoms with Crippen LogP contribution in [0, 0.1) is 6.92 Å². The van der Waals surface area contributed by atoms with Crippen LogP contribution < -0.4 is 4.90 Å². The van der Waals surface area contributed by atoms with Gasteiger partial charge in [-0.05, 0) is 49.2 Å². The monoisotopic (exact) mass is 490 g/mol. The van der Waals surface area contributed by atoms with Crippen molar-refractivity contribution in [3.05, 3.63) is 70.7 Å². The number of thioether (sulfide) groups is 1. The lowest BCUT2D eigenvalue weighted by Crippen LogP contribution is -2.33. The Hall–Kier alpha value is -2.06. The number of fused-ring (bicyclic) bond motifs is 1. The molecular weight excluding hydrogens is 471 g/mol. The van der Waals surface area contributed by atoms with Gasteiger partial charge in [0.15, 0.2) is 5.13 Å². The van der Waals surface area contributed by atoms with Gasteiger partial charge < -0.3 is 4.57 Å². The number of carbonyl (C=O) groups excluding carboxylic acids is 1. The predicted octanol–water partition coefficient (Wildman–Crippen LogP) is 6.32. The molecule has 0 saturated heterocycles. The molecule has 0 spiro atoms. The Morgan fingerprint density at radius 2 is 2.00 bits per heavy atom. The van der Waals surface area contributed by atoms with Crippen molar-refractivity contribution in [3.63, 3.8) is 0 Å². The smallest absolute Gasteiger partial charge is 0.239 e. The van der Waals surface area contributed by atoms with E-state index in [9.17, 15) is 4.79 Å². The highest BCUT2D eigenvalue weighted by Crippen LogP contribution is 2.36. The average Bonchev–Trinajstić information content (AvgIpc) is 3.44. The number of carbonyl (C=O) groups is 1. The molecule has 160 valence electrons. The van der Waals surface area contributed by atoms with Gasteiger partial charge in [0.1, 0.15) is 0 Å². The summed E-state index contributed by atoms with van der Waals surface area (Å²) in [5.41, 5.74) is 1.90. The molecule has 2 aromatic heterocycles. The molecular formula is C22H20Cl2N4OS2. The first kappa shape index (κ1) is 22.1. The van der Waals surface area contributed by atoms with Gasteiger partial charge in [0, 0.05) is 35.4 Å². The zero-order valence-electron chi connectivity index (χ0n) is 16.8. The minimum Gasteiger partial charge on any atom is -0.337 e. The molecule has 0 aliphatic rings. The molecule has 0 bridgehead atoms. The molecule has 0 atom stereocenters. The molecule has 0 saturated carbocycles. The summed E-state index contributed by atoms with van der Waals surface area (Å²) in [6, 6.07) is 11.3. The minimum atomic E-state index is 0.0124. The minimum absolute atomic E-state index is 0.0124. The Balaban J connectivity index is 1.54. The lowest BCUT2D eigenvalue weighted by atomic mass is 10.2. The van der Waals surface area contributed by atoms with Gasteiger partial charge in [-0.15, -0.1) is 11.8 Å². The van der Waals surface area contributed by atoms with Crippen LogP contribution in [0.4, 0.5) is 5.13 Å². The summed E-state index contributed by atoms with van der Waals surface area (Å²) in [5.74, 6) is 0.327. The second-order valence-corrected chi connectivity index (χ2v) is 9.85. The Morgan fingerprint density at radius 3 is 2.71 bits per heavy atom. The van der Waals surface area contributed by atoms with Crippen LogP contribution in [0.3, 0.4) is 0 Å². The number of rotatable bonds is 8. The molecule has 31 heavy (non-hydrogen) atoms. The van der Waals surface area contributed by atoms with E-state index in [-0.39, 0.29) is 5.91 Å². The molecule has 0 aliphatic heterocycles. The highest BCUT2D eigenvalue weighted by molar-refractivity contribution is 8.00. The third kappa shape index (κ3) is 5.41. The maximum atomic E-state index is 13.2. The number of thiazole rings is 1. The van der Waals surface area contributed by atoms with Crippen molar-refractivity contribution in [2.24, 2.45) is 0 Å². The molecule has 0 fully saturated rings. The molecule has 5 nitrogen and oxygen atoms in total. The number of hydrogen-bond acceptors (Lipinski definition) is 5. The SMILES string of the molecule is Cc1ccc(Cl)c2sc(N(CCCn3ccnc3)C(=O)CSc3ccc(Cl)cc3)nc12. The van der Waals surface area contributed by atoms with Crippen molar-refractivity contribution >= 4 is 67.6 Å². The molecule has 9 heteroatoms. The largest absolute Gasteiger partial charge is 0.337 e. The molecule has 0 N–H and O–H groups in total. The van der Waals surface area contributed by atoms with Crippen molar-refractivity contribution in [1.29, 1.82) is 0 Å². The summed E-state index contributed by atoms with van der Waals surface area (Å²) < 4.78 is 2.92. The topological polar surface area (TPSA) is 51.0 Å². The Labute approximate surface area is 199 Å². The van der Waals surface area contributed by atoms with Crippen LogP contribution >= 0.6 is 46.3 Å². The van der Waals surface area contributed by atoms with Crippen LogP contribution in [0.15, 0.2) is 60.0 Å². The van der Waals surface area contributed by atoms with E-state index in [4.69, 9.17) is 28.2 Å². The van der Waals surface area contributed by atoms with E-state index in [0.29, 0.717) is 27.5 Å². The van der Waals surface area contributed by atoms with Gasteiger partial charge in [-0.25, -0.2) is 9.97 Å². The van der Waals surface area contributed by atoms with Gasteiger partial charge in [-0.1, -0.05) is 40.6 Å². The van der Waals surface area contributed by atoms with Crippen LogP contribution in [0.25, 0.3) is 10.2 Å². The van der Waals surface area contributed by atoms with Crippen molar-refractivity contribution in [3.8, 4) is 0 Å². The Kier molecular flexibility index (Phi) is 7.17. The number of nitrogens with zero attached hydrogens (tertiary/aromatic N) is 4.